The maximum Gasteiger partial charge on any atom is 0.410 e. The molecule has 0 unspecified atom stereocenters. The van der Waals surface area contributed by atoms with Crippen molar-refractivity contribution in [3.8, 4) is 0 Å². The SMILES string of the molecule is C[C@@H]1C[C@H](C)CN([C@H]2C[C@H](C(=O)O)CN(C(=O)OCc3ccccc3)C2)C1. The third-order valence-corrected chi connectivity index (χ3v) is 5.65. The molecular formula is C21H30N2O4. The van der Waals surface area contributed by atoms with Gasteiger partial charge in [-0.25, -0.2) is 4.79 Å². The number of carbonyl (C=O) groups is 2. The van der Waals surface area contributed by atoms with Crippen LogP contribution >= 0.6 is 0 Å². The molecule has 27 heavy (non-hydrogen) atoms. The molecule has 0 saturated carbocycles. The van der Waals surface area contributed by atoms with Gasteiger partial charge in [-0.3, -0.25) is 9.69 Å². The Bertz CT molecular complexity index is 641. The zero-order valence-electron chi connectivity index (χ0n) is 16.2. The maximum absolute atomic E-state index is 12.6. The standard InChI is InChI=1S/C21H30N2O4/c1-15-8-16(2)11-22(10-15)19-9-18(20(24)25)12-23(13-19)21(26)27-14-17-6-4-3-5-7-17/h3-7,15-16,18-19H,8-14H2,1-2H3,(H,24,25)/t15-,16+,18-,19-/m0/s1. The number of benzene rings is 1. The van der Waals surface area contributed by atoms with Gasteiger partial charge in [0.15, 0.2) is 0 Å². The molecule has 2 heterocycles. The second kappa shape index (κ2) is 8.74. The van der Waals surface area contributed by atoms with Crippen LogP contribution in [0.25, 0.3) is 0 Å². The number of nitrogens with zero attached hydrogens (tertiary/aromatic N) is 2. The normalized spacial score (nSPS) is 29.3. The molecule has 2 saturated heterocycles. The summed E-state index contributed by atoms with van der Waals surface area (Å²) in [5.74, 6) is -0.186. The van der Waals surface area contributed by atoms with Gasteiger partial charge in [-0.2, -0.15) is 0 Å². The summed E-state index contributed by atoms with van der Waals surface area (Å²) in [6, 6.07) is 9.61. The number of piperidine rings is 2. The highest BCUT2D eigenvalue weighted by Gasteiger charge is 2.38. The van der Waals surface area contributed by atoms with Crippen LogP contribution in [0.1, 0.15) is 32.3 Å². The molecule has 0 radical (unpaired) electrons. The van der Waals surface area contributed by atoms with E-state index in [1.165, 1.54) is 6.42 Å². The van der Waals surface area contributed by atoms with Crippen LogP contribution in [-0.2, 0) is 16.1 Å². The molecule has 0 aromatic heterocycles. The van der Waals surface area contributed by atoms with Crippen LogP contribution in [-0.4, -0.2) is 59.2 Å². The van der Waals surface area contributed by atoms with E-state index in [9.17, 15) is 14.7 Å². The number of hydrogen-bond acceptors (Lipinski definition) is 4. The molecule has 2 aliphatic heterocycles. The van der Waals surface area contributed by atoms with Gasteiger partial charge in [0.2, 0.25) is 0 Å². The van der Waals surface area contributed by atoms with Crippen molar-refractivity contribution in [1.82, 2.24) is 9.80 Å². The Hall–Kier alpha value is -2.08. The molecule has 148 valence electrons. The zero-order valence-corrected chi connectivity index (χ0v) is 16.2. The molecule has 6 nitrogen and oxygen atoms in total. The van der Waals surface area contributed by atoms with Crippen LogP contribution in [0.2, 0.25) is 0 Å². The third-order valence-electron chi connectivity index (χ3n) is 5.65. The van der Waals surface area contributed by atoms with E-state index in [1.807, 2.05) is 30.3 Å². The lowest BCUT2D eigenvalue weighted by molar-refractivity contribution is -0.144. The molecule has 4 atom stereocenters. The van der Waals surface area contributed by atoms with Crippen LogP contribution in [0.3, 0.4) is 0 Å². The van der Waals surface area contributed by atoms with Crippen molar-refractivity contribution in [2.24, 2.45) is 17.8 Å². The lowest BCUT2D eigenvalue weighted by Gasteiger charge is -2.45. The number of aliphatic carboxylic acids is 1. The fourth-order valence-corrected chi connectivity index (χ4v) is 4.48. The molecule has 2 aliphatic rings. The minimum absolute atomic E-state index is 0.0781. The predicted molar refractivity (Wildman–Crippen MR) is 102 cm³/mol. The van der Waals surface area contributed by atoms with E-state index in [1.54, 1.807) is 4.90 Å². The van der Waals surface area contributed by atoms with Crippen LogP contribution in [0.15, 0.2) is 30.3 Å². The molecule has 0 aliphatic carbocycles. The Labute approximate surface area is 161 Å². The molecule has 1 amide bonds. The first-order valence-corrected chi connectivity index (χ1v) is 9.84. The van der Waals surface area contributed by atoms with Crippen molar-refractivity contribution in [1.29, 1.82) is 0 Å². The van der Waals surface area contributed by atoms with E-state index in [2.05, 4.69) is 18.7 Å². The largest absolute Gasteiger partial charge is 0.481 e. The van der Waals surface area contributed by atoms with Gasteiger partial charge in [-0.05, 0) is 30.2 Å². The fraction of sp³-hybridized carbons (Fsp3) is 0.619. The number of carboxylic acids is 1. The van der Waals surface area contributed by atoms with Crippen LogP contribution < -0.4 is 0 Å². The summed E-state index contributed by atoms with van der Waals surface area (Å²) in [6.45, 7) is 7.38. The van der Waals surface area contributed by atoms with Gasteiger partial charge in [0.1, 0.15) is 6.61 Å². The highest BCUT2D eigenvalue weighted by atomic mass is 16.6. The minimum atomic E-state index is -0.835. The van der Waals surface area contributed by atoms with Crippen LogP contribution in [0, 0.1) is 17.8 Å². The Kier molecular flexibility index (Phi) is 6.37. The molecule has 1 N–H and O–H groups in total. The van der Waals surface area contributed by atoms with Gasteiger partial charge in [-0.15, -0.1) is 0 Å². The van der Waals surface area contributed by atoms with Crippen molar-refractivity contribution in [2.45, 2.75) is 39.3 Å². The summed E-state index contributed by atoms with van der Waals surface area (Å²) >= 11 is 0. The minimum Gasteiger partial charge on any atom is -0.481 e. The molecule has 0 bridgehead atoms. The summed E-state index contributed by atoms with van der Waals surface area (Å²) in [7, 11) is 0. The summed E-state index contributed by atoms with van der Waals surface area (Å²) < 4.78 is 5.45. The average molecular weight is 374 g/mol. The Morgan fingerprint density at radius 3 is 2.33 bits per heavy atom. The third kappa shape index (κ3) is 5.22. The number of rotatable bonds is 4. The molecule has 6 heteroatoms. The maximum atomic E-state index is 12.6. The van der Waals surface area contributed by atoms with Gasteiger partial charge >= 0.3 is 12.1 Å². The Balaban J connectivity index is 1.65. The summed E-state index contributed by atoms with van der Waals surface area (Å²) in [5, 5.41) is 9.57. The molecule has 1 aromatic rings. The van der Waals surface area contributed by atoms with Gasteiger partial charge in [0.05, 0.1) is 5.92 Å². The van der Waals surface area contributed by atoms with E-state index in [0.717, 1.165) is 18.7 Å². The monoisotopic (exact) mass is 374 g/mol. The van der Waals surface area contributed by atoms with Crippen LogP contribution in [0.4, 0.5) is 4.79 Å². The molecule has 1 aromatic carbocycles. The average Bonchev–Trinajstić information content (AvgIpc) is 2.65. The first kappa shape index (κ1) is 19.7. The lowest BCUT2D eigenvalue weighted by atomic mass is 9.87. The first-order valence-electron chi connectivity index (χ1n) is 9.84. The number of carboxylic acid groups (broad SMARTS) is 1. The molecule has 0 spiro atoms. The fourth-order valence-electron chi connectivity index (χ4n) is 4.48. The highest BCUT2D eigenvalue weighted by Crippen LogP contribution is 2.28. The number of ether oxygens (including phenoxy) is 1. The number of carbonyl (C=O) groups excluding carboxylic acids is 1. The molecular weight excluding hydrogens is 344 g/mol. The smallest absolute Gasteiger partial charge is 0.410 e. The van der Waals surface area contributed by atoms with E-state index < -0.39 is 18.0 Å². The van der Waals surface area contributed by atoms with Crippen molar-refractivity contribution in [3.63, 3.8) is 0 Å². The lowest BCUT2D eigenvalue weighted by Crippen LogP contribution is -2.56. The Morgan fingerprint density at radius 1 is 1.04 bits per heavy atom. The zero-order chi connectivity index (χ0) is 19.4. The highest BCUT2D eigenvalue weighted by molar-refractivity contribution is 5.73. The quantitative estimate of drug-likeness (QED) is 0.877. The number of hydrogen-bond donors (Lipinski definition) is 1. The van der Waals surface area contributed by atoms with Crippen molar-refractivity contribution in [2.75, 3.05) is 26.2 Å². The van der Waals surface area contributed by atoms with E-state index in [4.69, 9.17) is 4.74 Å². The van der Waals surface area contributed by atoms with E-state index in [-0.39, 0.29) is 19.2 Å². The topological polar surface area (TPSA) is 70.1 Å². The number of likely N-dealkylation sites (tertiary alicyclic amines) is 2. The summed E-state index contributed by atoms with van der Waals surface area (Å²) in [5.41, 5.74) is 0.924. The first-order chi connectivity index (χ1) is 12.9. The van der Waals surface area contributed by atoms with E-state index >= 15 is 0 Å². The number of amides is 1. The predicted octanol–water partition coefficient (Wildman–Crippen LogP) is 3.08. The van der Waals surface area contributed by atoms with Crippen LogP contribution in [0.5, 0.6) is 0 Å². The van der Waals surface area contributed by atoms with Gasteiger partial charge < -0.3 is 14.7 Å². The van der Waals surface area contributed by atoms with Gasteiger partial charge in [0, 0.05) is 32.2 Å². The second-order valence-corrected chi connectivity index (χ2v) is 8.27. The Morgan fingerprint density at radius 2 is 1.70 bits per heavy atom. The van der Waals surface area contributed by atoms with Crippen molar-refractivity contribution < 1.29 is 19.4 Å². The summed E-state index contributed by atoms with van der Waals surface area (Å²) in [6.07, 6.45) is 1.37. The summed E-state index contributed by atoms with van der Waals surface area (Å²) in [4.78, 5) is 28.2. The van der Waals surface area contributed by atoms with Crippen molar-refractivity contribution >= 4 is 12.1 Å². The van der Waals surface area contributed by atoms with Gasteiger partial charge in [0.25, 0.3) is 0 Å². The van der Waals surface area contributed by atoms with Crippen molar-refractivity contribution in [3.05, 3.63) is 35.9 Å². The second-order valence-electron chi connectivity index (χ2n) is 8.27. The van der Waals surface area contributed by atoms with Gasteiger partial charge in [-0.1, -0.05) is 44.2 Å². The van der Waals surface area contributed by atoms with E-state index in [0.29, 0.717) is 24.8 Å². The molecule has 2 fully saturated rings. The molecule has 3 rings (SSSR count).